The topological polar surface area (TPSA) is 62.5 Å². The van der Waals surface area contributed by atoms with Gasteiger partial charge >= 0.3 is 0 Å². The monoisotopic (exact) mass is 425 g/mol. The predicted molar refractivity (Wildman–Crippen MR) is 122 cm³/mol. The first-order valence-corrected chi connectivity index (χ1v) is 11.5. The molecular formula is C23H31N5OS. The molecule has 0 bridgehead atoms. The van der Waals surface area contributed by atoms with Gasteiger partial charge in [0.1, 0.15) is 11.5 Å². The van der Waals surface area contributed by atoms with Crippen LogP contribution in [0.1, 0.15) is 60.8 Å². The summed E-state index contributed by atoms with van der Waals surface area (Å²) in [6, 6.07) is 6.09. The van der Waals surface area contributed by atoms with Gasteiger partial charge < -0.3 is 10.2 Å². The Labute approximate surface area is 182 Å². The lowest BCUT2D eigenvalue weighted by molar-refractivity contribution is -0.131. The number of likely N-dealkylation sites (tertiary alicyclic amines) is 1. The lowest BCUT2D eigenvalue weighted by Crippen LogP contribution is -2.40. The van der Waals surface area contributed by atoms with E-state index in [2.05, 4.69) is 41.7 Å². The van der Waals surface area contributed by atoms with Gasteiger partial charge in [-0.1, -0.05) is 6.07 Å². The zero-order valence-electron chi connectivity index (χ0n) is 18.5. The van der Waals surface area contributed by atoms with Crippen LogP contribution in [0.3, 0.4) is 0 Å². The highest BCUT2D eigenvalue weighted by Crippen LogP contribution is 2.34. The molecule has 1 unspecified atom stereocenters. The summed E-state index contributed by atoms with van der Waals surface area (Å²) < 4.78 is 2.13. The normalized spacial score (nSPS) is 17.5. The molecule has 0 aromatic carbocycles. The highest BCUT2D eigenvalue weighted by atomic mass is 32.1. The van der Waals surface area contributed by atoms with Crippen LogP contribution in [0.25, 0.3) is 5.65 Å². The van der Waals surface area contributed by atoms with E-state index in [-0.39, 0.29) is 17.4 Å². The fourth-order valence-corrected chi connectivity index (χ4v) is 5.12. The molecule has 1 aliphatic rings. The van der Waals surface area contributed by atoms with E-state index >= 15 is 0 Å². The number of aryl methyl sites for hydroxylation is 2. The number of nitrogens with one attached hydrogen (secondary N) is 1. The summed E-state index contributed by atoms with van der Waals surface area (Å²) in [7, 11) is 0. The molecule has 0 saturated carbocycles. The third kappa shape index (κ3) is 4.36. The number of anilines is 1. The molecule has 3 aromatic heterocycles. The third-order valence-corrected chi connectivity index (χ3v) is 6.60. The molecule has 1 fully saturated rings. The van der Waals surface area contributed by atoms with Crippen molar-refractivity contribution in [3.05, 3.63) is 45.7 Å². The van der Waals surface area contributed by atoms with Crippen molar-refractivity contribution in [3.8, 4) is 0 Å². The molecule has 3 aromatic rings. The lowest BCUT2D eigenvalue weighted by Gasteiger charge is -2.33. The van der Waals surface area contributed by atoms with Crippen molar-refractivity contribution >= 4 is 28.7 Å². The summed E-state index contributed by atoms with van der Waals surface area (Å²) in [5, 5.41) is 4.68. The first kappa shape index (κ1) is 20.8. The second-order valence-corrected chi connectivity index (χ2v) is 10.5. The van der Waals surface area contributed by atoms with E-state index < -0.39 is 0 Å². The van der Waals surface area contributed by atoms with Gasteiger partial charge in [-0.15, -0.1) is 11.3 Å². The second kappa shape index (κ2) is 8.02. The van der Waals surface area contributed by atoms with Crippen LogP contribution in [0, 0.1) is 13.8 Å². The molecule has 0 aliphatic carbocycles. The molecule has 1 aliphatic heterocycles. The largest absolute Gasteiger partial charge is 0.365 e. The Kier molecular flexibility index (Phi) is 5.57. The fourth-order valence-electron chi connectivity index (χ4n) is 4.19. The van der Waals surface area contributed by atoms with Gasteiger partial charge in [0.05, 0.1) is 22.8 Å². The first-order chi connectivity index (χ1) is 14.2. The van der Waals surface area contributed by atoms with Gasteiger partial charge in [0.25, 0.3) is 0 Å². The summed E-state index contributed by atoms with van der Waals surface area (Å²) in [5.41, 5.74) is 2.92. The number of imidazole rings is 1. The minimum atomic E-state index is -0.0771. The van der Waals surface area contributed by atoms with Crippen LogP contribution < -0.4 is 5.32 Å². The van der Waals surface area contributed by atoms with Crippen molar-refractivity contribution < 1.29 is 4.79 Å². The van der Waals surface area contributed by atoms with E-state index in [0.29, 0.717) is 6.42 Å². The number of carbonyl (C=O) groups excluding carboxylic acids is 1. The number of nitrogens with zero attached hydrogens (tertiary/aromatic N) is 4. The average molecular weight is 426 g/mol. The second-order valence-electron chi connectivity index (χ2n) is 9.25. The van der Waals surface area contributed by atoms with Gasteiger partial charge in [-0.2, -0.15) is 0 Å². The molecule has 30 heavy (non-hydrogen) atoms. The van der Waals surface area contributed by atoms with E-state index in [0.717, 1.165) is 58.7 Å². The van der Waals surface area contributed by atoms with Crippen LogP contribution >= 0.6 is 11.3 Å². The number of thiazole rings is 1. The molecule has 6 nitrogen and oxygen atoms in total. The van der Waals surface area contributed by atoms with Crippen molar-refractivity contribution in [3.63, 3.8) is 0 Å². The van der Waals surface area contributed by atoms with Crippen LogP contribution in [-0.2, 0) is 11.2 Å². The molecule has 160 valence electrons. The standard InChI is InChI=1S/C23H31N5OS/c1-15-18(30-16(2)24-15)13-20(29)27-11-8-9-17(14-27)21-22(26-23(3,4)5)28-12-7-6-10-19(28)25-21/h6-7,10,12,17,26H,8-9,11,13-14H2,1-5H3. The molecule has 1 amide bonds. The van der Waals surface area contributed by atoms with Crippen molar-refractivity contribution in [2.45, 2.75) is 65.3 Å². The molecule has 7 heteroatoms. The number of hydrogen-bond acceptors (Lipinski definition) is 5. The lowest BCUT2D eigenvalue weighted by atomic mass is 9.94. The summed E-state index contributed by atoms with van der Waals surface area (Å²) in [5.74, 6) is 1.48. The molecule has 0 spiro atoms. The minimum Gasteiger partial charge on any atom is -0.365 e. The molecule has 4 heterocycles. The highest BCUT2D eigenvalue weighted by molar-refractivity contribution is 7.11. The van der Waals surface area contributed by atoms with Gasteiger partial charge in [-0.05, 0) is 59.6 Å². The van der Waals surface area contributed by atoms with Gasteiger partial charge in [0.15, 0.2) is 0 Å². The SMILES string of the molecule is Cc1nc(C)c(CC(=O)N2CCCC(c3nc4ccccn4c3NC(C)(C)C)C2)s1. The summed E-state index contributed by atoms with van der Waals surface area (Å²) in [4.78, 5) is 25.6. The number of rotatable bonds is 4. The smallest absolute Gasteiger partial charge is 0.227 e. The molecule has 4 rings (SSSR count). The number of amides is 1. The maximum atomic E-state index is 13.1. The summed E-state index contributed by atoms with van der Waals surface area (Å²) in [6.07, 6.45) is 4.55. The third-order valence-electron chi connectivity index (χ3n) is 5.52. The molecular weight excluding hydrogens is 394 g/mol. The number of carbonyl (C=O) groups is 1. The quantitative estimate of drug-likeness (QED) is 0.665. The number of hydrogen-bond donors (Lipinski definition) is 1. The maximum absolute atomic E-state index is 13.1. The summed E-state index contributed by atoms with van der Waals surface area (Å²) in [6.45, 7) is 12.0. The van der Waals surface area contributed by atoms with Crippen LogP contribution in [0.2, 0.25) is 0 Å². The zero-order valence-corrected chi connectivity index (χ0v) is 19.3. The first-order valence-electron chi connectivity index (χ1n) is 10.7. The molecule has 1 saturated heterocycles. The highest BCUT2D eigenvalue weighted by Gasteiger charge is 2.30. The van der Waals surface area contributed by atoms with Gasteiger partial charge in [-0.25, -0.2) is 9.97 Å². The number of piperidine rings is 1. The van der Waals surface area contributed by atoms with Crippen LogP contribution in [0.15, 0.2) is 24.4 Å². The van der Waals surface area contributed by atoms with Gasteiger partial charge in [-0.3, -0.25) is 9.20 Å². The number of fused-ring (bicyclic) bond motifs is 1. The Bertz CT molecular complexity index is 1060. The fraction of sp³-hybridized carbons (Fsp3) is 0.522. The molecule has 1 atom stereocenters. The van der Waals surface area contributed by atoms with Crippen LogP contribution in [-0.4, -0.2) is 43.8 Å². The average Bonchev–Trinajstić information content (AvgIpc) is 3.20. The Morgan fingerprint density at radius 3 is 2.77 bits per heavy atom. The van der Waals surface area contributed by atoms with Crippen LogP contribution in [0.4, 0.5) is 5.82 Å². The Hall–Kier alpha value is -2.41. The minimum absolute atomic E-state index is 0.0771. The van der Waals surface area contributed by atoms with Crippen molar-refractivity contribution in [1.82, 2.24) is 19.3 Å². The number of pyridine rings is 1. The Balaban J connectivity index is 1.58. The summed E-state index contributed by atoms with van der Waals surface area (Å²) >= 11 is 1.63. The van der Waals surface area contributed by atoms with E-state index in [4.69, 9.17) is 4.98 Å². The van der Waals surface area contributed by atoms with Crippen molar-refractivity contribution in [2.75, 3.05) is 18.4 Å². The van der Waals surface area contributed by atoms with Crippen molar-refractivity contribution in [2.24, 2.45) is 0 Å². The Morgan fingerprint density at radius 1 is 1.27 bits per heavy atom. The van der Waals surface area contributed by atoms with E-state index in [1.807, 2.05) is 36.9 Å². The maximum Gasteiger partial charge on any atom is 0.227 e. The number of aromatic nitrogens is 3. The van der Waals surface area contributed by atoms with E-state index in [9.17, 15) is 4.79 Å². The van der Waals surface area contributed by atoms with Crippen molar-refractivity contribution in [1.29, 1.82) is 0 Å². The van der Waals surface area contributed by atoms with Gasteiger partial charge in [0.2, 0.25) is 5.91 Å². The zero-order chi connectivity index (χ0) is 21.5. The van der Waals surface area contributed by atoms with Crippen LogP contribution in [0.5, 0.6) is 0 Å². The molecule has 1 N–H and O–H groups in total. The van der Waals surface area contributed by atoms with E-state index in [1.165, 1.54) is 0 Å². The Morgan fingerprint density at radius 2 is 2.07 bits per heavy atom. The predicted octanol–water partition coefficient (Wildman–Crippen LogP) is 4.57. The molecule has 0 radical (unpaired) electrons. The van der Waals surface area contributed by atoms with E-state index in [1.54, 1.807) is 11.3 Å². The van der Waals surface area contributed by atoms with Gasteiger partial charge in [0, 0.05) is 35.6 Å².